The van der Waals surface area contributed by atoms with Gasteiger partial charge in [-0.2, -0.15) is 13.2 Å². The Kier molecular flexibility index (Phi) is 3.83. The molecule has 0 aliphatic heterocycles. The molecule has 1 aromatic carbocycles. The summed E-state index contributed by atoms with van der Waals surface area (Å²) in [4.78, 5) is 11.8. The molecule has 2 rings (SSSR count). The standard InChI is InChI=1S/C14H13F3N2O/c1-19-7-6-10(9-19)8-18-13(20)11-2-4-12(5-3-11)14(15,16)17/h2-7,9H,8H2,1H3,(H,18,20). The number of rotatable bonds is 3. The van der Waals surface area contributed by atoms with Crippen molar-refractivity contribution in [1.29, 1.82) is 0 Å². The normalized spacial score (nSPS) is 11.4. The molecule has 1 aromatic heterocycles. The van der Waals surface area contributed by atoms with Crippen LogP contribution >= 0.6 is 0 Å². The summed E-state index contributed by atoms with van der Waals surface area (Å²) in [5, 5.41) is 2.65. The number of benzene rings is 1. The van der Waals surface area contributed by atoms with Gasteiger partial charge in [0, 0.05) is 31.5 Å². The number of aryl methyl sites for hydroxylation is 1. The fourth-order valence-electron chi connectivity index (χ4n) is 1.76. The summed E-state index contributed by atoms with van der Waals surface area (Å²) in [6, 6.07) is 5.99. The van der Waals surface area contributed by atoms with Crippen LogP contribution in [0.2, 0.25) is 0 Å². The second kappa shape index (κ2) is 5.40. The van der Waals surface area contributed by atoms with Crippen molar-refractivity contribution in [3.05, 3.63) is 59.4 Å². The Labute approximate surface area is 114 Å². The van der Waals surface area contributed by atoms with E-state index in [-0.39, 0.29) is 5.56 Å². The third kappa shape index (κ3) is 3.40. The van der Waals surface area contributed by atoms with E-state index < -0.39 is 17.6 Å². The molecule has 0 radical (unpaired) electrons. The number of alkyl halides is 3. The number of nitrogens with one attached hydrogen (secondary N) is 1. The molecule has 0 fully saturated rings. The lowest BCUT2D eigenvalue weighted by atomic mass is 10.1. The predicted molar refractivity (Wildman–Crippen MR) is 68.0 cm³/mol. The maximum Gasteiger partial charge on any atom is 0.416 e. The van der Waals surface area contributed by atoms with Crippen LogP contribution in [0.4, 0.5) is 13.2 Å². The minimum absolute atomic E-state index is 0.203. The Balaban J connectivity index is 1.99. The number of aromatic nitrogens is 1. The van der Waals surface area contributed by atoms with Crippen molar-refractivity contribution in [2.45, 2.75) is 12.7 Å². The van der Waals surface area contributed by atoms with Gasteiger partial charge in [0.25, 0.3) is 5.91 Å². The highest BCUT2D eigenvalue weighted by molar-refractivity contribution is 5.94. The van der Waals surface area contributed by atoms with Gasteiger partial charge in [-0.15, -0.1) is 0 Å². The predicted octanol–water partition coefficient (Wildman–Crippen LogP) is 2.97. The second-order valence-corrected chi connectivity index (χ2v) is 4.44. The van der Waals surface area contributed by atoms with Crippen LogP contribution in [0.1, 0.15) is 21.5 Å². The van der Waals surface area contributed by atoms with Gasteiger partial charge in [-0.1, -0.05) is 0 Å². The van der Waals surface area contributed by atoms with E-state index in [1.165, 1.54) is 12.1 Å². The second-order valence-electron chi connectivity index (χ2n) is 4.44. The van der Waals surface area contributed by atoms with Gasteiger partial charge in [-0.05, 0) is 35.9 Å². The molecule has 20 heavy (non-hydrogen) atoms. The van der Waals surface area contributed by atoms with Crippen LogP contribution in [0.3, 0.4) is 0 Å². The highest BCUT2D eigenvalue weighted by atomic mass is 19.4. The van der Waals surface area contributed by atoms with Crippen molar-refractivity contribution in [2.75, 3.05) is 0 Å². The van der Waals surface area contributed by atoms with Crippen molar-refractivity contribution < 1.29 is 18.0 Å². The maximum atomic E-state index is 12.4. The van der Waals surface area contributed by atoms with Crippen molar-refractivity contribution in [1.82, 2.24) is 9.88 Å². The fourth-order valence-corrected chi connectivity index (χ4v) is 1.76. The van der Waals surface area contributed by atoms with E-state index in [0.29, 0.717) is 6.54 Å². The molecule has 0 saturated carbocycles. The zero-order valence-electron chi connectivity index (χ0n) is 10.7. The van der Waals surface area contributed by atoms with Crippen LogP contribution in [-0.2, 0) is 19.8 Å². The van der Waals surface area contributed by atoms with E-state index in [9.17, 15) is 18.0 Å². The lowest BCUT2D eigenvalue weighted by Crippen LogP contribution is -2.22. The maximum absolute atomic E-state index is 12.4. The van der Waals surface area contributed by atoms with Gasteiger partial charge in [-0.25, -0.2) is 0 Å². The summed E-state index contributed by atoms with van der Waals surface area (Å²) in [5.41, 5.74) is 0.360. The van der Waals surface area contributed by atoms with E-state index in [1.54, 1.807) is 0 Å². The number of carbonyl (C=O) groups is 1. The lowest BCUT2D eigenvalue weighted by molar-refractivity contribution is -0.137. The molecule has 1 heterocycles. The monoisotopic (exact) mass is 282 g/mol. The molecule has 2 aromatic rings. The van der Waals surface area contributed by atoms with Gasteiger partial charge in [-0.3, -0.25) is 4.79 Å². The lowest BCUT2D eigenvalue weighted by Gasteiger charge is -2.08. The van der Waals surface area contributed by atoms with Crippen LogP contribution in [0.25, 0.3) is 0 Å². The molecule has 1 N–H and O–H groups in total. The number of hydrogen-bond acceptors (Lipinski definition) is 1. The molecule has 0 bridgehead atoms. The number of amides is 1. The number of carbonyl (C=O) groups excluding carboxylic acids is 1. The summed E-state index contributed by atoms with van der Waals surface area (Å²) in [6.45, 7) is 0.334. The summed E-state index contributed by atoms with van der Waals surface area (Å²) < 4.78 is 39.0. The highest BCUT2D eigenvalue weighted by Crippen LogP contribution is 2.29. The molecule has 3 nitrogen and oxygen atoms in total. The van der Waals surface area contributed by atoms with Crippen molar-refractivity contribution in [2.24, 2.45) is 7.05 Å². The molecule has 106 valence electrons. The molecule has 0 atom stereocenters. The topological polar surface area (TPSA) is 34.0 Å². The van der Waals surface area contributed by atoms with Gasteiger partial charge in [0.05, 0.1) is 5.56 Å². The molecular weight excluding hydrogens is 269 g/mol. The van der Waals surface area contributed by atoms with Crippen LogP contribution < -0.4 is 5.32 Å². The zero-order chi connectivity index (χ0) is 14.8. The number of hydrogen-bond donors (Lipinski definition) is 1. The molecule has 0 saturated heterocycles. The van der Waals surface area contributed by atoms with Crippen LogP contribution in [0.15, 0.2) is 42.7 Å². The van der Waals surface area contributed by atoms with Crippen molar-refractivity contribution in [3.63, 3.8) is 0 Å². The average molecular weight is 282 g/mol. The van der Waals surface area contributed by atoms with Gasteiger partial charge in [0.2, 0.25) is 0 Å². The minimum Gasteiger partial charge on any atom is -0.357 e. The first kappa shape index (κ1) is 14.2. The van der Waals surface area contributed by atoms with E-state index in [4.69, 9.17) is 0 Å². The first-order valence-corrected chi connectivity index (χ1v) is 5.92. The van der Waals surface area contributed by atoms with Gasteiger partial charge >= 0.3 is 6.18 Å². The SMILES string of the molecule is Cn1ccc(CNC(=O)c2ccc(C(F)(F)F)cc2)c1. The van der Waals surface area contributed by atoms with Gasteiger partial charge in [0.1, 0.15) is 0 Å². The number of halogens is 3. The molecule has 0 aliphatic carbocycles. The summed E-state index contributed by atoms with van der Waals surface area (Å²) in [7, 11) is 1.86. The summed E-state index contributed by atoms with van der Waals surface area (Å²) in [6.07, 6.45) is -0.689. The smallest absolute Gasteiger partial charge is 0.357 e. The van der Waals surface area contributed by atoms with E-state index in [2.05, 4.69) is 5.32 Å². The van der Waals surface area contributed by atoms with Crippen LogP contribution in [0.5, 0.6) is 0 Å². The number of nitrogens with zero attached hydrogens (tertiary/aromatic N) is 1. The van der Waals surface area contributed by atoms with Gasteiger partial charge < -0.3 is 9.88 Å². The molecule has 6 heteroatoms. The average Bonchev–Trinajstić information content (AvgIpc) is 2.81. The summed E-state index contributed by atoms with van der Waals surface area (Å²) in [5.74, 6) is -0.400. The third-order valence-corrected chi connectivity index (χ3v) is 2.82. The Morgan fingerprint density at radius 1 is 1.20 bits per heavy atom. The molecular formula is C14H13F3N2O. The largest absolute Gasteiger partial charge is 0.416 e. The Morgan fingerprint density at radius 3 is 2.35 bits per heavy atom. The van der Waals surface area contributed by atoms with E-state index >= 15 is 0 Å². The van der Waals surface area contributed by atoms with E-state index in [1.807, 2.05) is 30.1 Å². The summed E-state index contributed by atoms with van der Waals surface area (Å²) >= 11 is 0. The molecule has 1 amide bonds. The molecule has 0 unspecified atom stereocenters. The third-order valence-electron chi connectivity index (χ3n) is 2.82. The van der Waals surface area contributed by atoms with Crippen LogP contribution in [-0.4, -0.2) is 10.5 Å². The fraction of sp³-hybridized carbons (Fsp3) is 0.214. The van der Waals surface area contributed by atoms with Gasteiger partial charge in [0.15, 0.2) is 0 Å². The quantitative estimate of drug-likeness (QED) is 0.922. The van der Waals surface area contributed by atoms with Crippen molar-refractivity contribution >= 4 is 5.91 Å². The van der Waals surface area contributed by atoms with E-state index in [0.717, 1.165) is 17.7 Å². The highest BCUT2D eigenvalue weighted by Gasteiger charge is 2.30. The zero-order valence-corrected chi connectivity index (χ0v) is 10.7. The molecule has 0 spiro atoms. The minimum atomic E-state index is -4.39. The first-order valence-electron chi connectivity index (χ1n) is 5.92. The Hall–Kier alpha value is -2.24. The molecule has 0 aliphatic rings. The first-order chi connectivity index (χ1) is 9.36. The Morgan fingerprint density at radius 2 is 1.85 bits per heavy atom. The van der Waals surface area contributed by atoms with Crippen molar-refractivity contribution in [3.8, 4) is 0 Å². The van der Waals surface area contributed by atoms with Crippen LogP contribution in [0, 0.1) is 0 Å². The Bertz CT molecular complexity index is 600.